The van der Waals surface area contributed by atoms with Crippen molar-refractivity contribution >= 4 is 17.5 Å². The normalized spacial score (nSPS) is 15.0. The lowest BCUT2D eigenvalue weighted by Gasteiger charge is -2.24. The lowest BCUT2D eigenvalue weighted by atomic mass is 10.1. The van der Waals surface area contributed by atoms with E-state index in [0.717, 1.165) is 29.7 Å². The second-order valence-electron chi connectivity index (χ2n) is 5.94. The molecular weight excluding hydrogens is 264 g/mol. The van der Waals surface area contributed by atoms with Gasteiger partial charge in [-0.1, -0.05) is 25.0 Å². The summed E-state index contributed by atoms with van der Waals surface area (Å²) in [5.74, 6) is -0.178. The number of rotatable bonds is 4. The number of nitrogens with one attached hydrogen (secondary N) is 1. The van der Waals surface area contributed by atoms with E-state index in [1.165, 1.54) is 19.8 Å². The Morgan fingerprint density at radius 3 is 2.52 bits per heavy atom. The number of nitrogens with zero attached hydrogens (tertiary/aromatic N) is 1. The van der Waals surface area contributed by atoms with Crippen LogP contribution in [0.1, 0.15) is 43.7 Å². The van der Waals surface area contributed by atoms with Crippen LogP contribution in [0.4, 0.5) is 5.69 Å². The Balaban J connectivity index is 2.09. The fourth-order valence-electron chi connectivity index (χ4n) is 2.86. The van der Waals surface area contributed by atoms with Crippen molar-refractivity contribution in [3.05, 3.63) is 29.3 Å². The van der Waals surface area contributed by atoms with E-state index in [1.54, 1.807) is 4.90 Å². The third-order valence-electron chi connectivity index (χ3n) is 4.06. The molecule has 0 radical (unpaired) electrons. The van der Waals surface area contributed by atoms with Crippen molar-refractivity contribution in [3.63, 3.8) is 0 Å². The average Bonchev–Trinajstić information content (AvgIpc) is 2.91. The number of carbonyl (C=O) groups excluding carboxylic acids is 2. The molecule has 0 aromatic heterocycles. The maximum absolute atomic E-state index is 12.2. The topological polar surface area (TPSA) is 49.4 Å². The minimum Gasteiger partial charge on any atom is -0.352 e. The first-order chi connectivity index (χ1) is 9.97. The summed E-state index contributed by atoms with van der Waals surface area (Å²) in [6.45, 7) is 5.54. The van der Waals surface area contributed by atoms with Crippen molar-refractivity contribution in [2.24, 2.45) is 0 Å². The van der Waals surface area contributed by atoms with Crippen LogP contribution in [0.3, 0.4) is 0 Å². The average molecular weight is 288 g/mol. The van der Waals surface area contributed by atoms with Gasteiger partial charge in [-0.2, -0.15) is 0 Å². The largest absolute Gasteiger partial charge is 0.352 e. The third kappa shape index (κ3) is 4.06. The smallest absolute Gasteiger partial charge is 0.240 e. The minimum atomic E-state index is -0.106. The van der Waals surface area contributed by atoms with Gasteiger partial charge < -0.3 is 10.2 Å². The highest BCUT2D eigenvalue weighted by Gasteiger charge is 2.21. The van der Waals surface area contributed by atoms with E-state index >= 15 is 0 Å². The van der Waals surface area contributed by atoms with E-state index in [-0.39, 0.29) is 24.4 Å². The SMILES string of the molecule is CC(=O)N(CC(=O)NC1CCCC1)c1cc(C)ccc1C. The second-order valence-corrected chi connectivity index (χ2v) is 5.94. The molecule has 0 aliphatic heterocycles. The Labute approximate surface area is 126 Å². The van der Waals surface area contributed by atoms with Crippen LogP contribution in [0.15, 0.2) is 18.2 Å². The van der Waals surface area contributed by atoms with Gasteiger partial charge in [0.05, 0.1) is 0 Å². The second kappa shape index (κ2) is 6.74. The van der Waals surface area contributed by atoms with Crippen molar-refractivity contribution in [1.82, 2.24) is 5.32 Å². The Bertz CT molecular complexity index is 534. The van der Waals surface area contributed by atoms with Gasteiger partial charge in [-0.3, -0.25) is 9.59 Å². The maximum atomic E-state index is 12.2. The Hall–Kier alpha value is -1.84. The molecule has 4 nitrogen and oxygen atoms in total. The molecule has 21 heavy (non-hydrogen) atoms. The number of amides is 2. The van der Waals surface area contributed by atoms with E-state index in [1.807, 2.05) is 32.0 Å². The van der Waals surface area contributed by atoms with E-state index in [4.69, 9.17) is 0 Å². The molecule has 0 atom stereocenters. The van der Waals surface area contributed by atoms with Crippen LogP contribution in [0.5, 0.6) is 0 Å². The molecule has 1 fully saturated rings. The number of anilines is 1. The minimum absolute atomic E-state index is 0.0713. The molecule has 0 bridgehead atoms. The molecule has 1 saturated carbocycles. The fraction of sp³-hybridized carbons (Fsp3) is 0.529. The molecule has 0 saturated heterocycles. The molecule has 0 heterocycles. The Morgan fingerprint density at radius 2 is 1.90 bits per heavy atom. The van der Waals surface area contributed by atoms with Crippen LogP contribution in [0.25, 0.3) is 0 Å². The number of aryl methyl sites for hydroxylation is 2. The van der Waals surface area contributed by atoms with Crippen molar-refractivity contribution < 1.29 is 9.59 Å². The summed E-state index contributed by atoms with van der Waals surface area (Å²) in [4.78, 5) is 25.7. The van der Waals surface area contributed by atoms with E-state index in [0.29, 0.717) is 0 Å². The zero-order chi connectivity index (χ0) is 15.4. The van der Waals surface area contributed by atoms with E-state index in [2.05, 4.69) is 5.32 Å². The summed E-state index contributed by atoms with van der Waals surface area (Å²) in [6, 6.07) is 6.23. The van der Waals surface area contributed by atoms with Crippen LogP contribution in [0.2, 0.25) is 0 Å². The summed E-state index contributed by atoms with van der Waals surface area (Å²) in [5.41, 5.74) is 2.91. The molecule has 0 spiro atoms. The van der Waals surface area contributed by atoms with E-state index < -0.39 is 0 Å². The predicted molar refractivity (Wildman–Crippen MR) is 84.3 cm³/mol. The molecule has 0 unspecified atom stereocenters. The zero-order valence-electron chi connectivity index (χ0n) is 13.1. The number of hydrogen-bond acceptors (Lipinski definition) is 2. The van der Waals surface area contributed by atoms with Crippen molar-refractivity contribution in [2.75, 3.05) is 11.4 Å². The molecule has 4 heteroatoms. The highest BCUT2D eigenvalue weighted by atomic mass is 16.2. The molecule has 1 N–H and O–H groups in total. The maximum Gasteiger partial charge on any atom is 0.240 e. The lowest BCUT2D eigenvalue weighted by Crippen LogP contribution is -2.43. The summed E-state index contributed by atoms with van der Waals surface area (Å²) in [5, 5.41) is 3.04. The van der Waals surface area contributed by atoms with Gasteiger partial charge >= 0.3 is 0 Å². The molecule has 1 aliphatic rings. The Kier molecular flexibility index (Phi) is 4.99. The van der Waals surface area contributed by atoms with Gasteiger partial charge in [-0.25, -0.2) is 0 Å². The number of benzene rings is 1. The number of carbonyl (C=O) groups is 2. The molecule has 1 aliphatic carbocycles. The van der Waals surface area contributed by atoms with Gasteiger partial charge in [0.2, 0.25) is 11.8 Å². The first-order valence-corrected chi connectivity index (χ1v) is 7.62. The van der Waals surface area contributed by atoms with Crippen molar-refractivity contribution in [2.45, 2.75) is 52.5 Å². The summed E-state index contributed by atoms with van der Waals surface area (Å²) >= 11 is 0. The first kappa shape index (κ1) is 15.5. The summed E-state index contributed by atoms with van der Waals surface area (Å²) in [7, 11) is 0. The summed E-state index contributed by atoms with van der Waals surface area (Å²) in [6.07, 6.45) is 4.46. The molecular formula is C17H24N2O2. The van der Waals surface area contributed by atoms with Gasteiger partial charge in [0.15, 0.2) is 0 Å². The van der Waals surface area contributed by atoms with Gasteiger partial charge in [0, 0.05) is 18.7 Å². The Morgan fingerprint density at radius 1 is 1.24 bits per heavy atom. The quantitative estimate of drug-likeness (QED) is 0.926. The molecule has 114 valence electrons. The van der Waals surface area contributed by atoms with Crippen molar-refractivity contribution in [1.29, 1.82) is 0 Å². The van der Waals surface area contributed by atoms with Crippen LogP contribution >= 0.6 is 0 Å². The highest BCUT2D eigenvalue weighted by Crippen LogP contribution is 2.22. The zero-order valence-corrected chi connectivity index (χ0v) is 13.1. The van der Waals surface area contributed by atoms with Gasteiger partial charge in [0.1, 0.15) is 6.54 Å². The first-order valence-electron chi connectivity index (χ1n) is 7.62. The standard InChI is InChI=1S/C17H24N2O2/c1-12-8-9-13(2)16(10-12)19(14(3)20)11-17(21)18-15-6-4-5-7-15/h8-10,15H,4-7,11H2,1-3H3,(H,18,21). The summed E-state index contributed by atoms with van der Waals surface area (Å²) < 4.78 is 0. The van der Waals surface area contributed by atoms with E-state index in [9.17, 15) is 9.59 Å². The predicted octanol–water partition coefficient (Wildman–Crippen LogP) is 2.72. The molecule has 1 aromatic carbocycles. The van der Waals surface area contributed by atoms with Crippen LogP contribution in [-0.4, -0.2) is 24.4 Å². The molecule has 2 amide bonds. The van der Waals surface area contributed by atoms with Gasteiger partial charge in [-0.05, 0) is 43.9 Å². The van der Waals surface area contributed by atoms with Crippen LogP contribution in [0, 0.1) is 13.8 Å². The molecule has 2 rings (SSSR count). The molecule has 1 aromatic rings. The van der Waals surface area contributed by atoms with Gasteiger partial charge in [-0.15, -0.1) is 0 Å². The monoisotopic (exact) mass is 288 g/mol. The third-order valence-corrected chi connectivity index (χ3v) is 4.06. The fourth-order valence-corrected chi connectivity index (χ4v) is 2.86. The van der Waals surface area contributed by atoms with Crippen LogP contribution in [-0.2, 0) is 9.59 Å². The number of hydrogen-bond donors (Lipinski definition) is 1. The lowest BCUT2D eigenvalue weighted by molar-refractivity contribution is -0.123. The van der Waals surface area contributed by atoms with Crippen LogP contribution < -0.4 is 10.2 Å². The van der Waals surface area contributed by atoms with Gasteiger partial charge in [0.25, 0.3) is 0 Å². The van der Waals surface area contributed by atoms with Crippen molar-refractivity contribution in [3.8, 4) is 0 Å². The highest BCUT2D eigenvalue weighted by molar-refractivity contribution is 5.98.